The van der Waals surface area contributed by atoms with Crippen LogP contribution < -0.4 is 5.32 Å². The summed E-state index contributed by atoms with van der Waals surface area (Å²) in [5.41, 5.74) is 0. The van der Waals surface area contributed by atoms with E-state index < -0.39 is 0 Å². The monoisotopic (exact) mass is 337 g/mol. The molecule has 136 valence electrons. The Bertz CT molecular complexity index is 523. The highest BCUT2D eigenvalue weighted by atomic mass is 16.3. The minimum atomic E-state index is -0.307. The summed E-state index contributed by atoms with van der Waals surface area (Å²) in [6, 6.07) is 1.92. The van der Waals surface area contributed by atoms with Gasteiger partial charge < -0.3 is 10.4 Å². The van der Waals surface area contributed by atoms with Gasteiger partial charge in [-0.3, -0.25) is 14.6 Å². The van der Waals surface area contributed by atoms with Crippen LogP contribution in [-0.2, 0) is 4.79 Å². The summed E-state index contributed by atoms with van der Waals surface area (Å²) in [4.78, 5) is 17.0. The zero-order chi connectivity index (χ0) is 17.7. The number of aromatic nitrogens is 2. The standard InChI is InChI=1S/C17H31N5O2/c1-5-13(2)22-16(6-7-18-22)19-17(24)15(4)21-10-8-20(9-11-21)12-14(3)23/h6-7,13-15,23H,5,8-12H2,1-4H3,(H,19,24)/t13-,14+,15-/m0/s1. The highest BCUT2D eigenvalue weighted by Gasteiger charge is 2.26. The van der Waals surface area contributed by atoms with Crippen LogP contribution in [0.2, 0.25) is 0 Å². The molecule has 0 unspecified atom stereocenters. The molecule has 1 aromatic rings. The normalized spacial score (nSPS) is 20.5. The van der Waals surface area contributed by atoms with Crippen LogP contribution in [-0.4, -0.2) is 75.5 Å². The molecule has 24 heavy (non-hydrogen) atoms. The van der Waals surface area contributed by atoms with Crippen molar-refractivity contribution in [3.8, 4) is 0 Å². The molecule has 0 spiro atoms. The van der Waals surface area contributed by atoms with Crippen LogP contribution in [0.15, 0.2) is 12.3 Å². The topological polar surface area (TPSA) is 73.6 Å². The Kier molecular flexibility index (Phi) is 6.77. The summed E-state index contributed by atoms with van der Waals surface area (Å²) in [5, 5.41) is 16.8. The first-order valence-corrected chi connectivity index (χ1v) is 8.91. The zero-order valence-corrected chi connectivity index (χ0v) is 15.3. The lowest BCUT2D eigenvalue weighted by Crippen LogP contribution is -2.53. The Hall–Kier alpha value is -1.44. The Morgan fingerprint density at radius 2 is 1.96 bits per heavy atom. The minimum absolute atomic E-state index is 0.00373. The predicted octanol–water partition coefficient (Wildman–Crippen LogP) is 1.18. The summed E-state index contributed by atoms with van der Waals surface area (Å²) in [6.45, 7) is 12.1. The average molecular weight is 337 g/mol. The van der Waals surface area contributed by atoms with Crippen LogP contribution in [0.4, 0.5) is 5.82 Å². The lowest BCUT2D eigenvalue weighted by molar-refractivity contribution is -0.121. The Morgan fingerprint density at radius 1 is 1.29 bits per heavy atom. The molecule has 0 aromatic carbocycles. The summed E-state index contributed by atoms with van der Waals surface area (Å²) < 4.78 is 1.87. The number of rotatable bonds is 7. The summed E-state index contributed by atoms with van der Waals surface area (Å²) >= 11 is 0. The van der Waals surface area contributed by atoms with Gasteiger partial charge in [0, 0.05) is 38.8 Å². The number of carbonyl (C=O) groups is 1. The Labute approximate surface area is 144 Å². The van der Waals surface area contributed by atoms with Gasteiger partial charge in [0.2, 0.25) is 5.91 Å². The number of hydrogen-bond acceptors (Lipinski definition) is 5. The van der Waals surface area contributed by atoms with Gasteiger partial charge in [0.25, 0.3) is 0 Å². The smallest absolute Gasteiger partial charge is 0.242 e. The lowest BCUT2D eigenvalue weighted by Gasteiger charge is -2.37. The van der Waals surface area contributed by atoms with Crippen molar-refractivity contribution in [3.63, 3.8) is 0 Å². The van der Waals surface area contributed by atoms with E-state index >= 15 is 0 Å². The number of hydrogen-bond donors (Lipinski definition) is 2. The van der Waals surface area contributed by atoms with Crippen molar-refractivity contribution in [1.29, 1.82) is 0 Å². The van der Waals surface area contributed by atoms with Gasteiger partial charge >= 0.3 is 0 Å². The molecule has 2 heterocycles. The number of piperazine rings is 1. The number of amides is 1. The molecule has 7 nitrogen and oxygen atoms in total. The van der Waals surface area contributed by atoms with Gasteiger partial charge in [0.05, 0.1) is 24.4 Å². The molecule has 1 aliphatic rings. The summed E-state index contributed by atoms with van der Waals surface area (Å²) in [6.07, 6.45) is 2.38. The average Bonchev–Trinajstić information content (AvgIpc) is 3.01. The van der Waals surface area contributed by atoms with Crippen LogP contribution in [0, 0.1) is 0 Å². The Balaban J connectivity index is 1.88. The fourth-order valence-electron chi connectivity index (χ4n) is 3.04. The van der Waals surface area contributed by atoms with Crippen molar-refractivity contribution >= 4 is 11.7 Å². The molecule has 0 saturated carbocycles. The van der Waals surface area contributed by atoms with E-state index in [4.69, 9.17) is 0 Å². The number of aliphatic hydroxyl groups is 1. The van der Waals surface area contributed by atoms with Crippen LogP contribution in [0.1, 0.15) is 40.2 Å². The van der Waals surface area contributed by atoms with Crippen LogP contribution in [0.5, 0.6) is 0 Å². The number of carbonyl (C=O) groups excluding carboxylic acids is 1. The molecule has 3 atom stereocenters. The first kappa shape index (κ1) is 18.9. The molecule has 2 N–H and O–H groups in total. The lowest BCUT2D eigenvalue weighted by atomic mass is 10.2. The highest BCUT2D eigenvalue weighted by molar-refractivity contribution is 5.93. The van der Waals surface area contributed by atoms with E-state index in [0.717, 1.165) is 38.4 Å². The van der Waals surface area contributed by atoms with Crippen molar-refractivity contribution in [1.82, 2.24) is 19.6 Å². The number of anilines is 1. The molecule has 7 heteroatoms. The second-order valence-corrected chi connectivity index (χ2v) is 6.77. The van der Waals surface area contributed by atoms with E-state index in [0.29, 0.717) is 6.54 Å². The number of nitrogens with zero attached hydrogens (tertiary/aromatic N) is 4. The van der Waals surface area contributed by atoms with E-state index in [1.807, 2.05) is 24.6 Å². The molecule has 1 fully saturated rings. The largest absolute Gasteiger partial charge is 0.392 e. The molecule has 1 amide bonds. The van der Waals surface area contributed by atoms with Gasteiger partial charge in [0.15, 0.2) is 0 Å². The molecular formula is C17H31N5O2. The van der Waals surface area contributed by atoms with Gasteiger partial charge in [-0.15, -0.1) is 0 Å². The summed E-state index contributed by atoms with van der Waals surface area (Å²) in [7, 11) is 0. The molecule has 1 aromatic heterocycles. The molecule has 1 aliphatic heterocycles. The second kappa shape index (κ2) is 8.60. The van der Waals surface area contributed by atoms with Gasteiger partial charge in [-0.05, 0) is 27.2 Å². The van der Waals surface area contributed by atoms with Gasteiger partial charge in [-0.25, -0.2) is 4.68 Å². The fourth-order valence-corrected chi connectivity index (χ4v) is 3.04. The second-order valence-electron chi connectivity index (χ2n) is 6.77. The summed E-state index contributed by atoms with van der Waals surface area (Å²) in [5.74, 6) is 0.762. The van der Waals surface area contributed by atoms with Gasteiger partial charge in [-0.2, -0.15) is 5.10 Å². The first-order chi connectivity index (χ1) is 11.4. The quantitative estimate of drug-likeness (QED) is 0.782. The van der Waals surface area contributed by atoms with Crippen LogP contribution >= 0.6 is 0 Å². The molecule has 0 bridgehead atoms. The van der Waals surface area contributed by atoms with Crippen molar-refractivity contribution in [2.75, 3.05) is 38.0 Å². The fraction of sp³-hybridized carbons (Fsp3) is 0.765. The van der Waals surface area contributed by atoms with Crippen molar-refractivity contribution in [3.05, 3.63) is 12.3 Å². The zero-order valence-electron chi connectivity index (χ0n) is 15.3. The molecular weight excluding hydrogens is 306 g/mol. The van der Waals surface area contributed by atoms with Crippen molar-refractivity contribution in [2.24, 2.45) is 0 Å². The molecule has 0 radical (unpaired) electrons. The maximum Gasteiger partial charge on any atom is 0.242 e. The van der Waals surface area contributed by atoms with E-state index in [1.165, 1.54) is 0 Å². The third-order valence-electron chi connectivity index (χ3n) is 4.79. The van der Waals surface area contributed by atoms with Crippen LogP contribution in [0.25, 0.3) is 0 Å². The Morgan fingerprint density at radius 3 is 2.54 bits per heavy atom. The maximum atomic E-state index is 12.6. The van der Waals surface area contributed by atoms with Gasteiger partial charge in [-0.1, -0.05) is 6.92 Å². The number of aliphatic hydroxyl groups excluding tert-OH is 1. The number of nitrogens with one attached hydrogen (secondary N) is 1. The third kappa shape index (κ3) is 4.78. The van der Waals surface area contributed by atoms with E-state index in [2.05, 4.69) is 34.1 Å². The maximum absolute atomic E-state index is 12.6. The highest BCUT2D eigenvalue weighted by Crippen LogP contribution is 2.17. The predicted molar refractivity (Wildman–Crippen MR) is 95.0 cm³/mol. The van der Waals surface area contributed by atoms with Gasteiger partial charge in [0.1, 0.15) is 5.82 Å². The van der Waals surface area contributed by atoms with Crippen LogP contribution in [0.3, 0.4) is 0 Å². The van der Waals surface area contributed by atoms with E-state index in [-0.39, 0.29) is 24.1 Å². The third-order valence-corrected chi connectivity index (χ3v) is 4.79. The van der Waals surface area contributed by atoms with E-state index in [1.54, 1.807) is 6.20 Å². The number of β-amino-alcohol motifs (C(OH)–C–C–N with tert-alkyl or cyclic N) is 1. The molecule has 0 aliphatic carbocycles. The molecule has 2 rings (SSSR count). The minimum Gasteiger partial charge on any atom is -0.392 e. The first-order valence-electron chi connectivity index (χ1n) is 8.91. The van der Waals surface area contributed by atoms with Crippen molar-refractivity contribution in [2.45, 2.75) is 52.3 Å². The van der Waals surface area contributed by atoms with E-state index in [9.17, 15) is 9.90 Å². The van der Waals surface area contributed by atoms with Crippen molar-refractivity contribution < 1.29 is 9.90 Å². The molecule has 1 saturated heterocycles. The SMILES string of the molecule is CC[C@H](C)n1nccc1NC(=O)[C@H](C)N1CCN(C[C@@H](C)O)CC1.